The molecule has 0 spiro atoms. The van der Waals surface area contributed by atoms with Gasteiger partial charge in [0.15, 0.2) is 0 Å². The molecule has 3 unspecified atom stereocenters. The van der Waals surface area contributed by atoms with E-state index >= 15 is 0 Å². The Morgan fingerprint density at radius 1 is 1.00 bits per heavy atom. The van der Waals surface area contributed by atoms with Crippen LogP contribution in [-0.4, -0.2) is 28.2 Å². The first kappa shape index (κ1) is 13.7. The summed E-state index contributed by atoms with van der Waals surface area (Å²) in [5.74, 6) is 2.09. The lowest BCUT2D eigenvalue weighted by Gasteiger charge is -2.43. The van der Waals surface area contributed by atoms with E-state index in [1.54, 1.807) is 12.1 Å². The van der Waals surface area contributed by atoms with Crippen LogP contribution in [0.4, 0.5) is 0 Å². The first-order chi connectivity index (χ1) is 9.63. The highest BCUT2D eigenvalue weighted by molar-refractivity contribution is 5.38. The molecule has 0 bridgehead atoms. The molecule has 20 heavy (non-hydrogen) atoms. The minimum atomic E-state index is 0.152. The molecule has 1 saturated carbocycles. The summed E-state index contributed by atoms with van der Waals surface area (Å²) in [6, 6.07) is 5.20. The smallest absolute Gasteiger partial charge is 0.119 e. The molecule has 2 aliphatic rings. The topological polar surface area (TPSA) is 43.7 Å². The van der Waals surface area contributed by atoms with Crippen molar-refractivity contribution in [3.8, 4) is 11.5 Å². The van der Waals surface area contributed by atoms with Crippen molar-refractivity contribution in [2.24, 2.45) is 11.8 Å². The monoisotopic (exact) mass is 275 g/mol. The number of nitrogens with zero attached hydrogens (tertiary/aromatic N) is 1. The van der Waals surface area contributed by atoms with E-state index in [2.05, 4.69) is 11.8 Å². The minimum Gasteiger partial charge on any atom is -0.508 e. The van der Waals surface area contributed by atoms with Gasteiger partial charge in [0.2, 0.25) is 0 Å². The third-order valence-electron chi connectivity index (χ3n) is 5.28. The van der Waals surface area contributed by atoms with Gasteiger partial charge in [-0.3, -0.25) is 4.90 Å². The molecule has 3 nitrogen and oxygen atoms in total. The molecule has 1 aliphatic carbocycles. The Balaban J connectivity index is 1.72. The van der Waals surface area contributed by atoms with Crippen LogP contribution in [0.15, 0.2) is 18.2 Å². The fourth-order valence-corrected chi connectivity index (χ4v) is 4.05. The summed E-state index contributed by atoms with van der Waals surface area (Å²) in [5, 5.41) is 19.3. The standard InChI is InChI=1S/C17H25NO2/c1-12(15-8-16(19)10-17(20)9-15)18-7-6-13-4-2-3-5-14(13)11-18/h8-10,12-14,19-20H,2-7,11H2,1H3. The molecule has 1 heterocycles. The first-order valence-corrected chi connectivity index (χ1v) is 7.90. The van der Waals surface area contributed by atoms with Crippen molar-refractivity contribution in [1.29, 1.82) is 0 Å². The predicted octanol–water partition coefficient (Wildman–Crippen LogP) is 3.67. The van der Waals surface area contributed by atoms with Crippen LogP contribution < -0.4 is 0 Å². The summed E-state index contributed by atoms with van der Waals surface area (Å²) in [5.41, 5.74) is 1.01. The van der Waals surface area contributed by atoms with E-state index in [-0.39, 0.29) is 17.5 Å². The maximum atomic E-state index is 9.65. The number of rotatable bonds is 2. The quantitative estimate of drug-likeness (QED) is 0.865. The second-order valence-electron chi connectivity index (χ2n) is 6.55. The van der Waals surface area contributed by atoms with Crippen molar-refractivity contribution >= 4 is 0 Å². The van der Waals surface area contributed by atoms with E-state index in [0.29, 0.717) is 0 Å². The predicted molar refractivity (Wildman–Crippen MR) is 79.8 cm³/mol. The van der Waals surface area contributed by atoms with Crippen LogP contribution in [0.1, 0.15) is 50.6 Å². The Labute approximate surface area is 121 Å². The molecule has 0 aromatic heterocycles. The Hall–Kier alpha value is -1.22. The fourth-order valence-electron chi connectivity index (χ4n) is 4.05. The summed E-state index contributed by atoms with van der Waals surface area (Å²) in [7, 11) is 0. The lowest BCUT2D eigenvalue weighted by Crippen LogP contribution is -2.42. The Kier molecular flexibility index (Phi) is 3.88. The molecule has 0 radical (unpaired) electrons. The normalized spacial score (nSPS) is 28.9. The van der Waals surface area contributed by atoms with Crippen molar-refractivity contribution in [3.05, 3.63) is 23.8 Å². The lowest BCUT2D eigenvalue weighted by atomic mass is 9.75. The van der Waals surface area contributed by atoms with Gasteiger partial charge < -0.3 is 10.2 Å². The molecule has 3 atom stereocenters. The average Bonchev–Trinajstić information content (AvgIpc) is 2.45. The van der Waals surface area contributed by atoms with Crippen LogP contribution >= 0.6 is 0 Å². The van der Waals surface area contributed by atoms with E-state index in [1.165, 1.54) is 44.7 Å². The zero-order valence-corrected chi connectivity index (χ0v) is 12.3. The third-order valence-corrected chi connectivity index (χ3v) is 5.28. The van der Waals surface area contributed by atoms with Crippen LogP contribution in [0.3, 0.4) is 0 Å². The number of hydrogen-bond donors (Lipinski definition) is 2. The van der Waals surface area contributed by atoms with Crippen LogP contribution in [0.2, 0.25) is 0 Å². The maximum absolute atomic E-state index is 9.65. The van der Waals surface area contributed by atoms with Gasteiger partial charge in [-0.2, -0.15) is 0 Å². The minimum absolute atomic E-state index is 0.152. The highest BCUT2D eigenvalue weighted by atomic mass is 16.3. The zero-order valence-electron chi connectivity index (χ0n) is 12.3. The highest BCUT2D eigenvalue weighted by Gasteiger charge is 2.33. The molecular weight excluding hydrogens is 250 g/mol. The van der Waals surface area contributed by atoms with Gasteiger partial charge in [0.25, 0.3) is 0 Å². The van der Waals surface area contributed by atoms with E-state index in [1.807, 2.05) is 0 Å². The zero-order chi connectivity index (χ0) is 14.1. The largest absolute Gasteiger partial charge is 0.508 e. The number of fused-ring (bicyclic) bond motifs is 1. The number of likely N-dealkylation sites (tertiary alicyclic amines) is 1. The van der Waals surface area contributed by atoms with Crippen LogP contribution in [-0.2, 0) is 0 Å². The molecule has 1 aromatic carbocycles. The number of aromatic hydroxyl groups is 2. The number of phenolic OH excluding ortho intramolecular Hbond substituents is 2. The van der Waals surface area contributed by atoms with E-state index < -0.39 is 0 Å². The van der Waals surface area contributed by atoms with Crippen molar-refractivity contribution in [2.75, 3.05) is 13.1 Å². The van der Waals surface area contributed by atoms with Crippen LogP contribution in [0.25, 0.3) is 0 Å². The summed E-state index contributed by atoms with van der Waals surface area (Å²) in [6.45, 7) is 4.48. The SMILES string of the molecule is CC(c1cc(O)cc(O)c1)N1CCC2CCCCC2C1. The van der Waals surface area contributed by atoms with Gasteiger partial charge in [-0.15, -0.1) is 0 Å². The van der Waals surface area contributed by atoms with E-state index in [4.69, 9.17) is 0 Å². The van der Waals surface area contributed by atoms with Gasteiger partial charge in [0.05, 0.1) is 0 Å². The lowest BCUT2D eigenvalue weighted by molar-refractivity contribution is 0.0615. The number of hydrogen-bond acceptors (Lipinski definition) is 3. The van der Waals surface area contributed by atoms with Crippen LogP contribution in [0, 0.1) is 11.8 Å². The second kappa shape index (κ2) is 5.65. The molecule has 1 saturated heterocycles. The molecule has 2 N–H and O–H groups in total. The molecule has 0 amide bonds. The van der Waals surface area contributed by atoms with Crippen molar-refractivity contribution in [3.63, 3.8) is 0 Å². The Morgan fingerprint density at radius 3 is 2.35 bits per heavy atom. The molecule has 1 aromatic rings. The van der Waals surface area contributed by atoms with Crippen molar-refractivity contribution in [1.82, 2.24) is 4.90 Å². The summed E-state index contributed by atoms with van der Waals surface area (Å²) in [6.07, 6.45) is 6.90. The van der Waals surface area contributed by atoms with E-state index in [9.17, 15) is 10.2 Å². The molecule has 2 fully saturated rings. The van der Waals surface area contributed by atoms with Gasteiger partial charge in [-0.25, -0.2) is 0 Å². The van der Waals surface area contributed by atoms with Gasteiger partial charge in [-0.1, -0.05) is 19.3 Å². The number of piperidine rings is 1. The molecule has 1 aliphatic heterocycles. The number of phenols is 2. The molecule has 3 rings (SSSR count). The third kappa shape index (κ3) is 2.78. The average molecular weight is 275 g/mol. The van der Waals surface area contributed by atoms with Crippen LogP contribution in [0.5, 0.6) is 11.5 Å². The molecule has 110 valence electrons. The summed E-state index contributed by atoms with van der Waals surface area (Å²) >= 11 is 0. The van der Waals surface area contributed by atoms with Gasteiger partial charge in [-0.05, 0) is 55.8 Å². The van der Waals surface area contributed by atoms with Crippen molar-refractivity contribution in [2.45, 2.75) is 45.1 Å². The summed E-state index contributed by atoms with van der Waals surface area (Å²) < 4.78 is 0. The maximum Gasteiger partial charge on any atom is 0.119 e. The number of benzene rings is 1. The highest BCUT2D eigenvalue weighted by Crippen LogP contribution is 2.39. The fraction of sp³-hybridized carbons (Fsp3) is 0.647. The molecule has 3 heteroatoms. The van der Waals surface area contributed by atoms with Gasteiger partial charge in [0.1, 0.15) is 11.5 Å². The summed E-state index contributed by atoms with van der Waals surface area (Å²) in [4.78, 5) is 2.51. The van der Waals surface area contributed by atoms with Gasteiger partial charge in [0, 0.05) is 18.7 Å². The van der Waals surface area contributed by atoms with Gasteiger partial charge >= 0.3 is 0 Å². The van der Waals surface area contributed by atoms with Crippen molar-refractivity contribution < 1.29 is 10.2 Å². The first-order valence-electron chi connectivity index (χ1n) is 7.90. The second-order valence-corrected chi connectivity index (χ2v) is 6.55. The van der Waals surface area contributed by atoms with E-state index in [0.717, 1.165) is 23.9 Å². The molecular formula is C17H25NO2. The Bertz CT molecular complexity index is 454. The Morgan fingerprint density at radius 2 is 1.65 bits per heavy atom.